The van der Waals surface area contributed by atoms with Gasteiger partial charge in [-0.3, -0.25) is 19.2 Å². The highest BCUT2D eigenvalue weighted by Gasteiger charge is 2.33. The average molecular weight is 436 g/mol. The molecule has 0 bridgehead atoms. The lowest BCUT2D eigenvalue weighted by atomic mass is 10.0. The second-order valence-electron chi connectivity index (χ2n) is 6.82. The summed E-state index contributed by atoms with van der Waals surface area (Å²) in [6, 6.07) is -5.23. The molecule has 0 aromatic carbocycles. The number of hydrogen-bond acceptors (Lipinski definition) is 8. The van der Waals surface area contributed by atoms with Gasteiger partial charge in [-0.2, -0.15) is 12.6 Å². The first kappa shape index (κ1) is 26.6. The second-order valence-corrected chi connectivity index (χ2v) is 7.18. The standard InChI is InChI=1S/C16H29N5O7S/c1-6(2)11(16(27)28)20-15(26)12(7(3)22)21-14(25)9(5-29)19-13(24)8(17)4-10(18)23/h6-9,11-12,22,29H,4-5,17H2,1-3H3,(H2,18,23)(H,19,24)(H,20,26)(H,21,25)(H,27,28). The van der Waals surface area contributed by atoms with Crippen molar-refractivity contribution in [1.82, 2.24) is 16.0 Å². The fourth-order valence-corrected chi connectivity index (χ4v) is 2.46. The third kappa shape index (κ3) is 9.11. The van der Waals surface area contributed by atoms with Crippen LogP contribution in [-0.4, -0.2) is 75.8 Å². The average Bonchev–Trinajstić information content (AvgIpc) is 2.59. The normalized spacial score (nSPS) is 16.1. The summed E-state index contributed by atoms with van der Waals surface area (Å²) in [4.78, 5) is 58.8. The minimum atomic E-state index is -1.48. The van der Waals surface area contributed by atoms with Crippen LogP contribution in [0.15, 0.2) is 0 Å². The van der Waals surface area contributed by atoms with E-state index >= 15 is 0 Å². The molecule has 0 saturated carbocycles. The van der Waals surface area contributed by atoms with Crippen LogP contribution in [0.25, 0.3) is 0 Å². The molecule has 0 aromatic rings. The Morgan fingerprint density at radius 1 is 0.931 bits per heavy atom. The molecule has 0 aromatic heterocycles. The highest BCUT2D eigenvalue weighted by Crippen LogP contribution is 2.04. The quantitative estimate of drug-likeness (QED) is 0.145. The van der Waals surface area contributed by atoms with E-state index in [9.17, 15) is 29.1 Å². The van der Waals surface area contributed by atoms with Crippen molar-refractivity contribution < 1.29 is 34.2 Å². The van der Waals surface area contributed by atoms with Crippen molar-refractivity contribution in [2.45, 2.75) is 57.5 Å². The lowest BCUT2D eigenvalue weighted by Crippen LogP contribution is -2.60. The van der Waals surface area contributed by atoms with Crippen LogP contribution in [0.3, 0.4) is 0 Å². The first-order valence-corrected chi connectivity index (χ1v) is 9.41. The zero-order valence-electron chi connectivity index (χ0n) is 16.4. The zero-order valence-corrected chi connectivity index (χ0v) is 17.3. The Morgan fingerprint density at radius 3 is 1.83 bits per heavy atom. The summed E-state index contributed by atoms with van der Waals surface area (Å²) in [6.45, 7) is 4.39. The summed E-state index contributed by atoms with van der Waals surface area (Å²) in [5.41, 5.74) is 10.5. The van der Waals surface area contributed by atoms with Crippen LogP contribution < -0.4 is 27.4 Å². The lowest BCUT2D eigenvalue weighted by Gasteiger charge is -2.26. The smallest absolute Gasteiger partial charge is 0.326 e. The molecule has 0 rings (SSSR count). The predicted molar refractivity (Wildman–Crippen MR) is 106 cm³/mol. The molecule has 0 radical (unpaired) electrons. The van der Waals surface area contributed by atoms with E-state index < -0.39 is 72.2 Å². The van der Waals surface area contributed by atoms with Gasteiger partial charge in [0.2, 0.25) is 23.6 Å². The Kier molecular flexibility index (Phi) is 11.2. The number of aliphatic hydroxyl groups excluding tert-OH is 1. The maximum Gasteiger partial charge on any atom is 0.326 e. The van der Waals surface area contributed by atoms with Gasteiger partial charge in [0.15, 0.2) is 0 Å². The number of thiol groups is 1. The number of aliphatic hydroxyl groups is 1. The second kappa shape index (κ2) is 12.2. The van der Waals surface area contributed by atoms with Gasteiger partial charge in [0.05, 0.1) is 18.6 Å². The number of hydrogen-bond donors (Lipinski definition) is 8. The molecular formula is C16H29N5O7S. The van der Waals surface area contributed by atoms with Gasteiger partial charge < -0.3 is 37.6 Å². The number of primary amides is 1. The van der Waals surface area contributed by atoms with Gasteiger partial charge in [-0.05, 0) is 12.8 Å². The number of carboxylic acid groups (broad SMARTS) is 1. The number of aliphatic carboxylic acids is 1. The number of carboxylic acids is 1. The number of amides is 4. The fraction of sp³-hybridized carbons (Fsp3) is 0.688. The van der Waals surface area contributed by atoms with Crippen LogP contribution in [0.5, 0.6) is 0 Å². The number of carbonyl (C=O) groups is 5. The van der Waals surface area contributed by atoms with Gasteiger partial charge in [0, 0.05) is 5.75 Å². The minimum Gasteiger partial charge on any atom is -0.480 e. The van der Waals surface area contributed by atoms with E-state index in [0.717, 1.165) is 0 Å². The summed E-state index contributed by atoms with van der Waals surface area (Å²) in [7, 11) is 0. The molecule has 12 nitrogen and oxygen atoms in total. The van der Waals surface area contributed by atoms with E-state index in [0.29, 0.717) is 0 Å². The van der Waals surface area contributed by atoms with Crippen molar-refractivity contribution in [2.75, 3.05) is 5.75 Å². The molecular weight excluding hydrogens is 406 g/mol. The summed E-state index contributed by atoms with van der Waals surface area (Å²) in [5, 5.41) is 25.8. The fourth-order valence-electron chi connectivity index (χ4n) is 2.20. The van der Waals surface area contributed by atoms with Crippen molar-refractivity contribution in [3.8, 4) is 0 Å². The molecule has 0 spiro atoms. The summed E-state index contributed by atoms with van der Waals surface area (Å²) in [6.07, 6.45) is -1.80. The first-order valence-electron chi connectivity index (χ1n) is 8.78. The Morgan fingerprint density at radius 2 is 1.45 bits per heavy atom. The van der Waals surface area contributed by atoms with Crippen LogP contribution in [0, 0.1) is 5.92 Å². The van der Waals surface area contributed by atoms with Crippen LogP contribution in [-0.2, 0) is 24.0 Å². The molecule has 4 amide bonds. The molecule has 13 heteroatoms. The van der Waals surface area contributed by atoms with Crippen molar-refractivity contribution in [1.29, 1.82) is 0 Å². The Bertz CT molecular complexity index is 629. The predicted octanol–water partition coefficient (Wildman–Crippen LogP) is -3.31. The molecule has 0 fully saturated rings. The first-order chi connectivity index (χ1) is 13.3. The van der Waals surface area contributed by atoms with Crippen LogP contribution in [0.2, 0.25) is 0 Å². The third-order valence-electron chi connectivity index (χ3n) is 3.87. The zero-order chi connectivity index (χ0) is 22.9. The van der Waals surface area contributed by atoms with Crippen molar-refractivity contribution in [3.05, 3.63) is 0 Å². The van der Waals surface area contributed by atoms with Gasteiger partial charge in [-0.1, -0.05) is 13.8 Å². The SMILES string of the molecule is CC(C)C(NC(=O)C(NC(=O)C(CS)NC(=O)C(N)CC(N)=O)C(C)O)C(=O)O. The molecule has 0 aliphatic heterocycles. The molecule has 0 heterocycles. The number of nitrogens with two attached hydrogens (primary N) is 2. The van der Waals surface area contributed by atoms with Crippen molar-refractivity contribution >= 4 is 42.2 Å². The maximum atomic E-state index is 12.4. The van der Waals surface area contributed by atoms with Gasteiger partial charge in [0.25, 0.3) is 0 Å². The molecule has 0 aliphatic carbocycles. The number of nitrogens with one attached hydrogen (secondary N) is 3. The molecule has 5 unspecified atom stereocenters. The third-order valence-corrected chi connectivity index (χ3v) is 4.23. The van der Waals surface area contributed by atoms with E-state index in [1.165, 1.54) is 6.92 Å². The lowest BCUT2D eigenvalue weighted by molar-refractivity contribution is -0.144. The highest BCUT2D eigenvalue weighted by atomic mass is 32.1. The monoisotopic (exact) mass is 435 g/mol. The Labute approximate surface area is 173 Å². The van der Waals surface area contributed by atoms with E-state index in [2.05, 4.69) is 28.6 Å². The van der Waals surface area contributed by atoms with E-state index in [1.807, 2.05) is 0 Å². The van der Waals surface area contributed by atoms with Gasteiger partial charge in [-0.25, -0.2) is 4.79 Å². The van der Waals surface area contributed by atoms with Gasteiger partial charge >= 0.3 is 5.97 Å². The summed E-state index contributed by atoms with van der Waals surface area (Å²) < 4.78 is 0. The van der Waals surface area contributed by atoms with E-state index in [4.69, 9.17) is 16.6 Å². The Balaban J connectivity index is 5.18. The maximum absolute atomic E-state index is 12.4. The molecule has 9 N–H and O–H groups in total. The van der Waals surface area contributed by atoms with E-state index in [1.54, 1.807) is 13.8 Å². The van der Waals surface area contributed by atoms with Crippen molar-refractivity contribution in [3.63, 3.8) is 0 Å². The topological polar surface area (TPSA) is 214 Å². The van der Waals surface area contributed by atoms with Crippen LogP contribution >= 0.6 is 12.6 Å². The summed E-state index contributed by atoms with van der Waals surface area (Å²) in [5.74, 6) is -5.31. The largest absolute Gasteiger partial charge is 0.480 e. The van der Waals surface area contributed by atoms with Crippen LogP contribution in [0.4, 0.5) is 0 Å². The number of rotatable bonds is 12. The molecule has 29 heavy (non-hydrogen) atoms. The van der Waals surface area contributed by atoms with Gasteiger partial charge in [0.1, 0.15) is 18.1 Å². The molecule has 0 saturated heterocycles. The van der Waals surface area contributed by atoms with Crippen molar-refractivity contribution in [2.24, 2.45) is 17.4 Å². The van der Waals surface area contributed by atoms with Gasteiger partial charge in [-0.15, -0.1) is 0 Å². The minimum absolute atomic E-state index is 0.182. The Hall–Kier alpha value is -2.38. The number of carbonyl (C=O) groups excluding carboxylic acids is 4. The van der Waals surface area contributed by atoms with Crippen LogP contribution in [0.1, 0.15) is 27.2 Å². The molecule has 5 atom stereocenters. The van der Waals surface area contributed by atoms with E-state index in [-0.39, 0.29) is 5.75 Å². The molecule has 166 valence electrons. The highest BCUT2D eigenvalue weighted by molar-refractivity contribution is 7.80. The molecule has 0 aliphatic rings. The summed E-state index contributed by atoms with van der Waals surface area (Å²) >= 11 is 3.95.